The van der Waals surface area contributed by atoms with Crippen LogP contribution in [0.4, 0.5) is 0 Å². The maximum atomic E-state index is 11.6. The van der Waals surface area contributed by atoms with Crippen molar-refractivity contribution in [3.63, 3.8) is 0 Å². The van der Waals surface area contributed by atoms with Crippen LogP contribution in [0.25, 0.3) is 0 Å². The minimum Gasteiger partial charge on any atom is -0.508 e. The van der Waals surface area contributed by atoms with Gasteiger partial charge in [-0.25, -0.2) is 4.79 Å². The van der Waals surface area contributed by atoms with Crippen molar-refractivity contribution in [1.29, 1.82) is 0 Å². The number of hydrogen-bond donors (Lipinski definition) is 2. The van der Waals surface area contributed by atoms with Gasteiger partial charge in [0.15, 0.2) is 0 Å². The molecule has 40 heavy (non-hydrogen) atoms. The summed E-state index contributed by atoms with van der Waals surface area (Å²) < 4.78 is 22.6. The van der Waals surface area contributed by atoms with Crippen molar-refractivity contribution in [2.24, 2.45) is 0 Å². The Kier molecular flexibility index (Phi) is 11.3. The van der Waals surface area contributed by atoms with Crippen molar-refractivity contribution in [2.75, 3.05) is 13.2 Å². The molecule has 4 aromatic carbocycles. The highest BCUT2D eigenvalue weighted by Crippen LogP contribution is 2.21. The molecule has 0 aromatic heterocycles. The van der Waals surface area contributed by atoms with Crippen LogP contribution in [-0.2, 0) is 27.4 Å². The Morgan fingerprint density at radius 2 is 1.35 bits per heavy atom. The van der Waals surface area contributed by atoms with E-state index in [1.54, 1.807) is 24.3 Å². The highest BCUT2D eigenvalue weighted by atomic mass is 16.6. The van der Waals surface area contributed by atoms with Crippen molar-refractivity contribution < 1.29 is 34.0 Å². The normalized spacial score (nSPS) is 18.3. The van der Waals surface area contributed by atoms with Gasteiger partial charge < -0.3 is 29.2 Å². The Bertz CT molecular complexity index is 1260. The molecule has 2 N–H and O–H groups in total. The molecule has 5 rings (SSSR count). The number of hydrogen-bond acceptors (Lipinski definition) is 7. The molecule has 0 bridgehead atoms. The van der Waals surface area contributed by atoms with Gasteiger partial charge in [-0.3, -0.25) is 0 Å². The van der Waals surface area contributed by atoms with Crippen molar-refractivity contribution in [3.05, 3.63) is 132 Å². The summed E-state index contributed by atoms with van der Waals surface area (Å²) in [5.41, 5.74) is 2.70. The van der Waals surface area contributed by atoms with Gasteiger partial charge in [-0.05, 0) is 53.9 Å². The molecule has 0 radical (unpaired) electrons. The van der Waals surface area contributed by atoms with E-state index < -0.39 is 12.1 Å². The number of phenolic OH excluding ortho intramolecular Hbond substituents is 1. The maximum Gasteiger partial charge on any atom is 0.343 e. The molecule has 1 aliphatic rings. The maximum absolute atomic E-state index is 11.6. The number of esters is 1. The first-order chi connectivity index (χ1) is 19.6. The van der Waals surface area contributed by atoms with Crippen LogP contribution >= 0.6 is 0 Å². The monoisotopic (exact) mass is 542 g/mol. The average Bonchev–Trinajstić information content (AvgIpc) is 3.00. The molecule has 3 atom stereocenters. The summed E-state index contributed by atoms with van der Waals surface area (Å²) in [4.78, 5) is 11.6. The number of benzene rings is 4. The molecule has 1 aliphatic heterocycles. The molecular weight excluding hydrogens is 508 g/mol. The Balaban J connectivity index is 0.000000201. The number of phenols is 1. The second-order valence-corrected chi connectivity index (χ2v) is 9.28. The van der Waals surface area contributed by atoms with Crippen LogP contribution < -0.4 is 4.74 Å². The number of carbonyl (C=O) groups is 1. The van der Waals surface area contributed by atoms with Gasteiger partial charge in [0.25, 0.3) is 0 Å². The lowest BCUT2D eigenvalue weighted by Crippen LogP contribution is -2.48. The summed E-state index contributed by atoms with van der Waals surface area (Å²) in [6, 6.07) is 34.7. The van der Waals surface area contributed by atoms with E-state index in [4.69, 9.17) is 24.1 Å². The number of carbonyl (C=O) groups excluding carboxylic acids is 1. The van der Waals surface area contributed by atoms with Crippen LogP contribution in [-0.4, -0.2) is 47.7 Å². The van der Waals surface area contributed by atoms with Gasteiger partial charge in [0.05, 0.1) is 31.5 Å². The Labute approximate surface area is 234 Å². The smallest absolute Gasteiger partial charge is 0.343 e. The summed E-state index contributed by atoms with van der Waals surface area (Å²) in [5.74, 6) is 0.137. The summed E-state index contributed by atoms with van der Waals surface area (Å²) in [7, 11) is 0. The van der Waals surface area contributed by atoms with E-state index in [0.717, 1.165) is 11.1 Å². The van der Waals surface area contributed by atoms with Crippen molar-refractivity contribution >= 4 is 5.97 Å². The summed E-state index contributed by atoms with van der Waals surface area (Å²) in [6.45, 7) is 1.93. The minimum atomic E-state index is -0.521. The predicted octanol–water partition coefficient (Wildman–Crippen LogP) is 5.55. The third-order valence-corrected chi connectivity index (χ3v) is 6.23. The van der Waals surface area contributed by atoms with Crippen LogP contribution in [0.5, 0.6) is 11.5 Å². The topological polar surface area (TPSA) is 94.5 Å². The quantitative estimate of drug-likeness (QED) is 0.212. The Morgan fingerprint density at radius 3 is 1.98 bits per heavy atom. The molecule has 208 valence electrons. The fourth-order valence-corrected chi connectivity index (χ4v) is 4.10. The van der Waals surface area contributed by atoms with Gasteiger partial charge in [0.2, 0.25) is 0 Å². The van der Waals surface area contributed by atoms with Gasteiger partial charge in [-0.15, -0.1) is 0 Å². The van der Waals surface area contributed by atoms with Crippen LogP contribution in [0.1, 0.15) is 27.9 Å². The molecule has 7 nitrogen and oxygen atoms in total. The Morgan fingerprint density at radius 1 is 0.775 bits per heavy atom. The third-order valence-electron chi connectivity index (χ3n) is 6.23. The van der Waals surface area contributed by atoms with Gasteiger partial charge >= 0.3 is 5.97 Å². The van der Waals surface area contributed by atoms with Crippen LogP contribution in [0.3, 0.4) is 0 Å². The first-order valence-corrected chi connectivity index (χ1v) is 13.2. The molecule has 3 unspecified atom stereocenters. The third kappa shape index (κ3) is 9.32. The van der Waals surface area contributed by atoms with Crippen LogP contribution in [0.15, 0.2) is 115 Å². The second-order valence-electron chi connectivity index (χ2n) is 9.28. The summed E-state index contributed by atoms with van der Waals surface area (Å²) in [6.07, 6.45) is -0.544. The Hall–Kier alpha value is -4.01. The van der Waals surface area contributed by atoms with E-state index in [-0.39, 0.29) is 18.0 Å². The number of aliphatic hydroxyl groups excluding tert-OH is 1. The number of ether oxygens (including phenoxy) is 4. The SMILES string of the molecule is O=C(Oc1ccc(O)cc1)c1ccccc1.OC1CCOC(COCc2ccccc2)C1OCc1ccccc1. The zero-order chi connectivity index (χ0) is 28.0. The zero-order valence-corrected chi connectivity index (χ0v) is 22.2. The highest BCUT2D eigenvalue weighted by Gasteiger charge is 2.34. The molecule has 1 heterocycles. The van der Waals surface area contributed by atoms with E-state index in [1.165, 1.54) is 24.3 Å². The van der Waals surface area contributed by atoms with E-state index in [2.05, 4.69) is 0 Å². The van der Waals surface area contributed by atoms with Gasteiger partial charge in [0.1, 0.15) is 23.7 Å². The first kappa shape index (κ1) is 29.0. The van der Waals surface area contributed by atoms with E-state index in [1.807, 2.05) is 66.7 Å². The average molecular weight is 543 g/mol. The van der Waals surface area contributed by atoms with Crippen LogP contribution in [0, 0.1) is 0 Å². The fourth-order valence-electron chi connectivity index (χ4n) is 4.10. The molecule has 0 spiro atoms. The molecule has 0 saturated carbocycles. The second kappa shape index (κ2) is 15.5. The lowest BCUT2D eigenvalue weighted by molar-refractivity contribution is -0.181. The molecule has 0 amide bonds. The first-order valence-electron chi connectivity index (χ1n) is 13.2. The zero-order valence-electron chi connectivity index (χ0n) is 22.2. The summed E-state index contributed by atoms with van der Waals surface area (Å²) >= 11 is 0. The molecule has 1 fully saturated rings. The summed E-state index contributed by atoms with van der Waals surface area (Å²) in [5, 5.41) is 19.3. The molecule has 1 saturated heterocycles. The van der Waals surface area contributed by atoms with Crippen molar-refractivity contribution in [1.82, 2.24) is 0 Å². The van der Waals surface area contributed by atoms with Crippen molar-refractivity contribution in [2.45, 2.75) is 37.9 Å². The van der Waals surface area contributed by atoms with Gasteiger partial charge in [-0.2, -0.15) is 0 Å². The van der Waals surface area contributed by atoms with Gasteiger partial charge in [0, 0.05) is 6.61 Å². The molecule has 0 aliphatic carbocycles. The van der Waals surface area contributed by atoms with E-state index >= 15 is 0 Å². The van der Waals surface area contributed by atoms with Gasteiger partial charge in [-0.1, -0.05) is 78.9 Å². The molecule has 4 aromatic rings. The lowest BCUT2D eigenvalue weighted by Gasteiger charge is -2.35. The predicted molar refractivity (Wildman–Crippen MR) is 151 cm³/mol. The number of rotatable bonds is 9. The van der Waals surface area contributed by atoms with E-state index in [0.29, 0.717) is 44.2 Å². The largest absolute Gasteiger partial charge is 0.508 e. The highest BCUT2D eigenvalue weighted by molar-refractivity contribution is 5.90. The minimum absolute atomic E-state index is 0.138. The number of aromatic hydroxyl groups is 1. The van der Waals surface area contributed by atoms with E-state index in [9.17, 15) is 9.90 Å². The standard InChI is InChI=1S/C20H24O4.C13H10O3/c21-18-11-12-23-19(15-22-13-16-7-3-1-4-8-16)20(18)24-14-17-9-5-2-6-10-17;14-11-6-8-12(9-7-11)16-13(15)10-4-2-1-3-5-10/h1-10,18-21H,11-15H2;1-9,14H. The molecular formula is C33H34O7. The number of aliphatic hydroxyl groups is 1. The lowest BCUT2D eigenvalue weighted by atomic mass is 10.0. The molecule has 7 heteroatoms. The van der Waals surface area contributed by atoms with Crippen LogP contribution in [0.2, 0.25) is 0 Å². The van der Waals surface area contributed by atoms with Crippen molar-refractivity contribution in [3.8, 4) is 11.5 Å². The fraction of sp³-hybridized carbons (Fsp3) is 0.242.